The first-order valence-electron chi connectivity index (χ1n) is 7.27. The van der Waals surface area contributed by atoms with Gasteiger partial charge in [0.25, 0.3) is 0 Å². The van der Waals surface area contributed by atoms with Crippen molar-refractivity contribution >= 4 is 5.69 Å². The predicted molar refractivity (Wildman–Crippen MR) is 91.6 cm³/mol. The van der Waals surface area contributed by atoms with Crippen molar-refractivity contribution in [3.63, 3.8) is 0 Å². The van der Waals surface area contributed by atoms with Crippen LogP contribution >= 0.6 is 0 Å². The van der Waals surface area contributed by atoms with Crippen molar-refractivity contribution < 1.29 is 4.74 Å². The minimum Gasteiger partial charge on any atom is -0.495 e. The van der Waals surface area contributed by atoms with Crippen molar-refractivity contribution in [2.75, 3.05) is 26.1 Å². The van der Waals surface area contributed by atoms with Gasteiger partial charge in [-0.3, -0.25) is 9.97 Å². The highest BCUT2D eigenvalue weighted by Crippen LogP contribution is 2.29. The summed E-state index contributed by atoms with van der Waals surface area (Å²) in [7, 11) is 5.65. The Morgan fingerprint density at radius 3 is 2.43 bits per heavy atom. The highest BCUT2D eigenvalue weighted by Gasteiger charge is 2.10. The Morgan fingerprint density at radius 1 is 0.913 bits per heavy atom. The number of hydrogen-bond acceptors (Lipinski definition) is 5. The second kappa shape index (κ2) is 6.44. The molecule has 0 fully saturated rings. The van der Waals surface area contributed by atoms with Crippen LogP contribution in [-0.2, 0) is 0 Å². The van der Waals surface area contributed by atoms with Crippen LogP contribution in [0.4, 0.5) is 5.69 Å². The van der Waals surface area contributed by atoms with Gasteiger partial charge in [-0.15, -0.1) is 0 Å². The molecule has 2 aromatic heterocycles. The van der Waals surface area contributed by atoms with Crippen LogP contribution in [0.5, 0.6) is 5.75 Å². The number of methoxy groups -OCH3 is 1. The van der Waals surface area contributed by atoms with Crippen LogP contribution in [-0.4, -0.2) is 36.2 Å². The number of anilines is 1. The van der Waals surface area contributed by atoms with E-state index >= 15 is 0 Å². The Hall–Kier alpha value is -2.95. The van der Waals surface area contributed by atoms with Crippen LogP contribution in [0.3, 0.4) is 0 Å². The summed E-state index contributed by atoms with van der Waals surface area (Å²) in [6.07, 6.45) is 6.94. The monoisotopic (exact) mass is 306 g/mol. The lowest BCUT2D eigenvalue weighted by atomic mass is 10.1. The fourth-order valence-corrected chi connectivity index (χ4v) is 2.39. The van der Waals surface area contributed by atoms with Gasteiger partial charge < -0.3 is 9.64 Å². The van der Waals surface area contributed by atoms with E-state index in [1.165, 1.54) is 0 Å². The molecule has 116 valence electrons. The van der Waals surface area contributed by atoms with Crippen molar-refractivity contribution in [1.82, 2.24) is 15.0 Å². The first-order valence-corrected chi connectivity index (χ1v) is 7.27. The van der Waals surface area contributed by atoms with Crippen molar-refractivity contribution in [1.29, 1.82) is 0 Å². The first-order chi connectivity index (χ1) is 11.2. The number of benzene rings is 1. The number of hydrogen-bond donors (Lipinski definition) is 0. The van der Waals surface area contributed by atoms with Crippen molar-refractivity contribution in [3.8, 4) is 28.3 Å². The minimum atomic E-state index is 0.698. The SMILES string of the molecule is COc1cncc(-c2cncc(-c3ccccc3N(C)C)n2)c1. The molecule has 3 rings (SSSR count). The van der Waals surface area contributed by atoms with E-state index in [1.807, 2.05) is 38.4 Å². The van der Waals surface area contributed by atoms with E-state index in [4.69, 9.17) is 9.72 Å². The highest BCUT2D eigenvalue weighted by atomic mass is 16.5. The minimum absolute atomic E-state index is 0.698. The summed E-state index contributed by atoms with van der Waals surface area (Å²) in [5.74, 6) is 0.698. The molecule has 1 aromatic carbocycles. The lowest BCUT2D eigenvalue weighted by Crippen LogP contribution is -2.10. The van der Waals surface area contributed by atoms with E-state index in [1.54, 1.807) is 31.9 Å². The van der Waals surface area contributed by atoms with E-state index in [2.05, 4.69) is 20.9 Å². The number of aromatic nitrogens is 3. The van der Waals surface area contributed by atoms with Crippen molar-refractivity contribution in [3.05, 3.63) is 55.1 Å². The van der Waals surface area contributed by atoms with E-state index < -0.39 is 0 Å². The smallest absolute Gasteiger partial charge is 0.137 e. The molecule has 5 heteroatoms. The maximum Gasteiger partial charge on any atom is 0.137 e. The second-order valence-corrected chi connectivity index (χ2v) is 5.31. The van der Waals surface area contributed by atoms with Crippen LogP contribution in [0.25, 0.3) is 22.5 Å². The molecular weight excluding hydrogens is 288 g/mol. The van der Waals surface area contributed by atoms with Crippen LogP contribution < -0.4 is 9.64 Å². The largest absolute Gasteiger partial charge is 0.495 e. The molecule has 0 atom stereocenters. The highest BCUT2D eigenvalue weighted by molar-refractivity contribution is 5.76. The third-order valence-corrected chi connectivity index (χ3v) is 3.54. The Balaban J connectivity index is 2.07. The van der Waals surface area contributed by atoms with Crippen LogP contribution in [0, 0.1) is 0 Å². The standard InChI is InChI=1S/C18H18N4O/c1-22(2)18-7-5-4-6-15(18)17-12-20-11-16(21-17)13-8-14(23-3)10-19-9-13/h4-12H,1-3H3. The third-order valence-electron chi connectivity index (χ3n) is 3.54. The summed E-state index contributed by atoms with van der Waals surface area (Å²) in [5.41, 5.74) is 4.61. The number of para-hydroxylation sites is 1. The molecule has 2 heterocycles. The van der Waals surface area contributed by atoms with Gasteiger partial charge in [0, 0.05) is 37.1 Å². The summed E-state index contributed by atoms with van der Waals surface area (Å²) in [6, 6.07) is 10.0. The lowest BCUT2D eigenvalue weighted by Gasteiger charge is -2.17. The van der Waals surface area contributed by atoms with Crippen molar-refractivity contribution in [2.45, 2.75) is 0 Å². The second-order valence-electron chi connectivity index (χ2n) is 5.31. The average molecular weight is 306 g/mol. The topological polar surface area (TPSA) is 51.1 Å². The van der Waals surface area contributed by atoms with Gasteiger partial charge in [-0.25, -0.2) is 4.98 Å². The van der Waals surface area contributed by atoms with Gasteiger partial charge in [0.15, 0.2) is 0 Å². The van der Waals surface area contributed by atoms with E-state index in [0.29, 0.717) is 5.75 Å². The molecule has 0 aliphatic carbocycles. The molecule has 0 aliphatic heterocycles. The van der Waals surface area contributed by atoms with Gasteiger partial charge in [0.1, 0.15) is 5.75 Å². The molecule has 0 amide bonds. The van der Waals surface area contributed by atoms with Crippen LogP contribution in [0.2, 0.25) is 0 Å². The van der Waals surface area contributed by atoms with Gasteiger partial charge in [0.2, 0.25) is 0 Å². The molecule has 0 unspecified atom stereocenters. The molecule has 5 nitrogen and oxygen atoms in total. The molecule has 3 aromatic rings. The summed E-state index contributed by atoms with van der Waals surface area (Å²) in [4.78, 5) is 15.3. The summed E-state index contributed by atoms with van der Waals surface area (Å²) in [5, 5.41) is 0. The molecule has 0 bridgehead atoms. The molecule has 0 aliphatic rings. The zero-order valence-corrected chi connectivity index (χ0v) is 13.4. The number of ether oxygens (including phenoxy) is 1. The molecule has 23 heavy (non-hydrogen) atoms. The molecule has 0 N–H and O–H groups in total. The fraction of sp³-hybridized carbons (Fsp3) is 0.167. The Kier molecular flexibility index (Phi) is 4.19. The number of rotatable bonds is 4. The quantitative estimate of drug-likeness (QED) is 0.740. The summed E-state index contributed by atoms with van der Waals surface area (Å²) in [6.45, 7) is 0. The van der Waals surface area contributed by atoms with Crippen LogP contribution in [0.1, 0.15) is 0 Å². The maximum atomic E-state index is 5.22. The average Bonchev–Trinajstić information content (AvgIpc) is 2.62. The summed E-state index contributed by atoms with van der Waals surface area (Å²) >= 11 is 0. The van der Waals surface area contributed by atoms with Gasteiger partial charge in [0.05, 0.1) is 37.1 Å². The van der Waals surface area contributed by atoms with E-state index in [9.17, 15) is 0 Å². The molecule has 0 saturated heterocycles. The predicted octanol–water partition coefficient (Wildman–Crippen LogP) is 3.28. The Bertz CT molecular complexity index is 817. The summed E-state index contributed by atoms with van der Waals surface area (Å²) < 4.78 is 5.22. The van der Waals surface area contributed by atoms with E-state index in [0.717, 1.165) is 28.2 Å². The third kappa shape index (κ3) is 3.13. The van der Waals surface area contributed by atoms with Gasteiger partial charge in [-0.05, 0) is 12.1 Å². The normalized spacial score (nSPS) is 10.4. The van der Waals surface area contributed by atoms with Gasteiger partial charge >= 0.3 is 0 Å². The van der Waals surface area contributed by atoms with Crippen LogP contribution in [0.15, 0.2) is 55.1 Å². The molecule has 0 radical (unpaired) electrons. The lowest BCUT2D eigenvalue weighted by molar-refractivity contribution is 0.413. The molecule has 0 saturated carbocycles. The van der Waals surface area contributed by atoms with Gasteiger partial charge in [-0.1, -0.05) is 18.2 Å². The zero-order chi connectivity index (χ0) is 16.2. The molecule has 0 spiro atoms. The van der Waals surface area contributed by atoms with E-state index in [-0.39, 0.29) is 0 Å². The molecular formula is C18H18N4O. The fourth-order valence-electron chi connectivity index (χ4n) is 2.39. The maximum absolute atomic E-state index is 5.22. The zero-order valence-electron chi connectivity index (χ0n) is 13.4. The Morgan fingerprint density at radius 2 is 1.65 bits per heavy atom. The Labute approximate surface area is 135 Å². The number of nitrogens with zero attached hydrogens (tertiary/aromatic N) is 4. The number of pyridine rings is 1. The first kappa shape index (κ1) is 15.0. The van der Waals surface area contributed by atoms with Gasteiger partial charge in [-0.2, -0.15) is 0 Å². The van der Waals surface area contributed by atoms with Crippen molar-refractivity contribution in [2.24, 2.45) is 0 Å².